The van der Waals surface area contributed by atoms with E-state index in [2.05, 4.69) is 20.1 Å². The zero-order chi connectivity index (χ0) is 24.0. The molecular weight excluding hydrogens is 489 g/mol. The lowest BCUT2D eigenvalue weighted by Gasteiger charge is -2.13. The molecule has 0 bridgehead atoms. The lowest BCUT2D eigenvalue weighted by Crippen LogP contribution is -2.30. The van der Waals surface area contributed by atoms with Crippen LogP contribution in [0.1, 0.15) is 18.2 Å². The minimum Gasteiger partial charge on any atom is -0.324 e. The maximum absolute atomic E-state index is 12.9. The van der Waals surface area contributed by atoms with Gasteiger partial charge in [0, 0.05) is 30.5 Å². The predicted octanol–water partition coefficient (Wildman–Crippen LogP) is 2.67. The van der Waals surface area contributed by atoms with Crippen LogP contribution in [0.5, 0.6) is 0 Å². The normalized spacial score (nSPS) is 11.4. The van der Waals surface area contributed by atoms with Crippen molar-refractivity contribution in [3.05, 3.63) is 80.4 Å². The first-order valence-electron chi connectivity index (χ1n) is 9.94. The zero-order valence-electron chi connectivity index (χ0n) is 17.6. The number of aromatic nitrogens is 3. The van der Waals surface area contributed by atoms with E-state index in [0.29, 0.717) is 18.4 Å². The zero-order valence-corrected chi connectivity index (χ0v) is 19.9. The molecule has 0 saturated heterocycles. The fourth-order valence-corrected chi connectivity index (χ4v) is 4.64. The van der Waals surface area contributed by atoms with Crippen LogP contribution in [0.25, 0.3) is 0 Å². The lowest BCUT2D eigenvalue weighted by atomic mass is 10.1. The van der Waals surface area contributed by atoms with Crippen molar-refractivity contribution >= 4 is 44.8 Å². The highest BCUT2D eigenvalue weighted by molar-refractivity contribution is 7.89. The molecule has 1 aromatic carbocycles. The number of benzene rings is 1. The number of pyridine rings is 1. The maximum atomic E-state index is 12.9. The Morgan fingerprint density at radius 2 is 1.97 bits per heavy atom. The van der Waals surface area contributed by atoms with Crippen LogP contribution in [0.2, 0.25) is 10.0 Å². The fraction of sp³-hybridized carbons (Fsp3) is 0.238. The molecule has 0 aliphatic heterocycles. The van der Waals surface area contributed by atoms with Crippen LogP contribution >= 0.6 is 23.2 Å². The van der Waals surface area contributed by atoms with Gasteiger partial charge < -0.3 is 5.32 Å². The van der Waals surface area contributed by atoms with E-state index in [0.717, 1.165) is 16.6 Å². The van der Waals surface area contributed by atoms with Crippen LogP contribution in [0.4, 0.5) is 5.69 Å². The third-order valence-corrected chi connectivity index (χ3v) is 6.95. The number of carbonyl (C=O) groups is 1. The molecule has 0 atom stereocenters. The van der Waals surface area contributed by atoms with E-state index < -0.39 is 28.0 Å². The van der Waals surface area contributed by atoms with Crippen LogP contribution in [0, 0.1) is 0 Å². The molecule has 0 fully saturated rings. The van der Waals surface area contributed by atoms with Crippen molar-refractivity contribution in [1.29, 1.82) is 0 Å². The Labute approximate surface area is 200 Å². The van der Waals surface area contributed by atoms with Crippen LogP contribution in [0.3, 0.4) is 0 Å². The van der Waals surface area contributed by atoms with E-state index in [-0.39, 0.29) is 27.2 Å². The van der Waals surface area contributed by atoms with Crippen LogP contribution in [-0.4, -0.2) is 35.6 Å². The van der Waals surface area contributed by atoms with Crippen molar-refractivity contribution < 1.29 is 13.2 Å². The van der Waals surface area contributed by atoms with Crippen molar-refractivity contribution in [2.45, 2.75) is 31.2 Å². The number of amides is 1. The number of hydrogen-bond donors (Lipinski definition) is 2. The van der Waals surface area contributed by atoms with Gasteiger partial charge in [0.1, 0.15) is 11.6 Å². The first-order chi connectivity index (χ1) is 15.7. The molecule has 33 heavy (non-hydrogen) atoms. The summed E-state index contributed by atoms with van der Waals surface area (Å²) in [5.74, 6) is -0.585. The molecule has 0 aliphatic rings. The number of nitrogens with zero attached hydrogens (tertiary/aromatic N) is 3. The SMILES string of the molecule is CCc1ccc(NC(=O)Cn2ncc(Cl)c(Cl)c2=O)cc1S(=O)(=O)NCCc1ccccn1. The Morgan fingerprint density at radius 1 is 1.18 bits per heavy atom. The summed E-state index contributed by atoms with van der Waals surface area (Å²) in [6, 6.07) is 10.0. The van der Waals surface area contributed by atoms with Gasteiger partial charge in [0.25, 0.3) is 5.56 Å². The second kappa shape index (κ2) is 10.9. The number of anilines is 1. The summed E-state index contributed by atoms with van der Waals surface area (Å²) in [5.41, 5.74) is 0.917. The summed E-state index contributed by atoms with van der Waals surface area (Å²) < 4.78 is 29.3. The quantitative estimate of drug-likeness (QED) is 0.457. The molecule has 3 rings (SSSR count). The van der Waals surface area contributed by atoms with Gasteiger partial charge in [0.05, 0.1) is 16.1 Å². The van der Waals surface area contributed by atoms with E-state index in [1.807, 2.05) is 19.1 Å². The standard InChI is InChI=1S/C21H21Cl2N5O4S/c1-2-14-6-7-16(27-19(29)13-28-21(30)20(23)17(22)12-25-28)11-18(14)33(31,32)26-10-8-15-5-3-4-9-24-15/h3-7,9,11-12,26H,2,8,10,13H2,1H3,(H,27,29). The smallest absolute Gasteiger partial charge is 0.287 e. The van der Waals surface area contributed by atoms with E-state index >= 15 is 0 Å². The summed E-state index contributed by atoms with van der Waals surface area (Å²) in [7, 11) is -3.84. The molecule has 0 saturated carbocycles. The Morgan fingerprint density at radius 3 is 2.67 bits per heavy atom. The van der Waals surface area contributed by atoms with Crippen LogP contribution < -0.4 is 15.6 Å². The third kappa shape index (κ3) is 6.38. The third-order valence-electron chi connectivity index (χ3n) is 4.66. The molecule has 2 aromatic heterocycles. The molecule has 9 nitrogen and oxygen atoms in total. The van der Waals surface area contributed by atoms with E-state index in [1.165, 1.54) is 6.07 Å². The summed E-state index contributed by atoms with van der Waals surface area (Å²) >= 11 is 11.5. The molecule has 1 amide bonds. The maximum Gasteiger partial charge on any atom is 0.287 e. The van der Waals surface area contributed by atoms with Gasteiger partial charge in [0.2, 0.25) is 15.9 Å². The van der Waals surface area contributed by atoms with E-state index in [9.17, 15) is 18.0 Å². The van der Waals surface area contributed by atoms with Gasteiger partial charge in [-0.05, 0) is 36.2 Å². The van der Waals surface area contributed by atoms with Gasteiger partial charge >= 0.3 is 0 Å². The highest BCUT2D eigenvalue weighted by Gasteiger charge is 2.19. The topological polar surface area (TPSA) is 123 Å². The highest BCUT2D eigenvalue weighted by atomic mass is 35.5. The van der Waals surface area contributed by atoms with Crippen molar-refractivity contribution in [2.24, 2.45) is 0 Å². The minimum absolute atomic E-state index is 0.0149. The van der Waals surface area contributed by atoms with E-state index in [4.69, 9.17) is 23.2 Å². The second-order valence-corrected chi connectivity index (χ2v) is 9.48. The Kier molecular flexibility index (Phi) is 8.20. The number of carbonyl (C=O) groups excluding carboxylic acids is 1. The van der Waals surface area contributed by atoms with Gasteiger partial charge in [-0.3, -0.25) is 14.6 Å². The van der Waals surface area contributed by atoms with E-state index in [1.54, 1.807) is 24.4 Å². The lowest BCUT2D eigenvalue weighted by molar-refractivity contribution is -0.117. The number of aryl methyl sites for hydroxylation is 1. The summed E-state index contributed by atoms with van der Waals surface area (Å²) in [5, 5.41) is 6.11. The summed E-state index contributed by atoms with van der Waals surface area (Å²) in [6.45, 7) is 1.59. The number of nitrogens with one attached hydrogen (secondary N) is 2. The molecule has 174 valence electrons. The highest BCUT2D eigenvalue weighted by Crippen LogP contribution is 2.22. The molecule has 0 aliphatic carbocycles. The number of sulfonamides is 1. The summed E-state index contributed by atoms with van der Waals surface area (Å²) in [4.78, 5) is 28.7. The number of halogens is 2. The fourth-order valence-electron chi connectivity index (χ4n) is 3.01. The van der Waals surface area contributed by atoms with Crippen LogP contribution in [-0.2, 0) is 34.2 Å². The largest absolute Gasteiger partial charge is 0.324 e. The first-order valence-corrected chi connectivity index (χ1v) is 12.2. The second-order valence-electron chi connectivity index (χ2n) is 6.96. The Balaban J connectivity index is 1.73. The molecule has 2 heterocycles. The van der Waals surface area contributed by atoms with Crippen molar-refractivity contribution in [3.63, 3.8) is 0 Å². The molecular formula is C21H21Cl2N5O4S. The van der Waals surface area contributed by atoms with Gasteiger partial charge in [-0.2, -0.15) is 5.10 Å². The number of hydrogen-bond acceptors (Lipinski definition) is 6. The van der Waals surface area contributed by atoms with Gasteiger partial charge in [-0.25, -0.2) is 17.8 Å². The Hall–Kier alpha value is -2.79. The Bertz CT molecular complexity index is 1310. The average molecular weight is 510 g/mol. The average Bonchev–Trinajstić information content (AvgIpc) is 2.80. The van der Waals surface area contributed by atoms with Crippen molar-refractivity contribution in [1.82, 2.24) is 19.5 Å². The predicted molar refractivity (Wildman–Crippen MR) is 126 cm³/mol. The molecule has 0 spiro atoms. The van der Waals surface area contributed by atoms with Gasteiger partial charge in [0.15, 0.2) is 0 Å². The number of rotatable bonds is 9. The first kappa shape index (κ1) is 24.8. The summed E-state index contributed by atoms with van der Waals surface area (Å²) in [6.07, 6.45) is 3.72. The monoisotopic (exact) mass is 509 g/mol. The van der Waals surface area contributed by atoms with Crippen molar-refractivity contribution in [3.8, 4) is 0 Å². The molecule has 12 heteroatoms. The van der Waals surface area contributed by atoms with Gasteiger partial charge in [-0.1, -0.05) is 42.3 Å². The van der Waals surface area contributed by atoms with Gasteiger partial charge in [-0.15, -0.1) is 0 Å². The molecule has 0 unspecified atom stereocenters. The molecule has 3 aromatic rings. The van der Waals surface area contributed by atoms with Crippen LogP contribution in [0.15, 0.2) is 58.5 Å². The molecule has 2 N–H and O–H groups in total. The molecule has 0 radical (unpaired) electrons. The minimum atomic E-state index is -3.84. The van der Waals surface area contributed by atoms with Crippen molar-refractivity contribution in [2.75, 3.05) is 11.9 Å².